The molecule has 0 amide bonds. The maximum Gasteiger partial charge on any atom is 0.311 e. The molecule has 1 aromatic carbocycles. The Hall–Kier alpha value is -2.43. The molecule has 1 aromatic heterocycles. The van der Waals surface area contributed by atoms with Crippen molar-refractivity contribution in [3.63, 3.8) is 0 Å². The van der Waals surface area contributed by atoms with E-state index < -0.39 is 0 Å². The van der Waals surface area contributed by atoms with Crippen molar-refractivity contribution in [2.45, 2.75) is 19.8 Å². The van der Waals surface area contributed by atoms with Gasteiger partial charge in [-0.05, 0) is 31.2 Å². The summed E-state index contributed by atoms with van der Waals surface area (Å²) in [6.45, 7) is 1.86. The van der Waals surface area contributed by atoms with Crippen molar-refractivity contribution in [1.29, 1.82) is 0 Å². The monoisotopic (exact) mass is 290 g/mol. The van der Waals surface area contributed by atoms with Crippen molar-refractivity contribution in [2.75, 3.05) is 14.2 Å². The van der Waals surface area contributed by atoms with Crippen molar-refractivity contribution in [3.05, 3.63) is 41.9 Å². The third-order valence-corrected chi connectivity index (χ3v) is 2.97. The van der Waals surface area contributed by atoms with Crippen molar-refractivity contribution in [2.24, 2.45) is 0 Å². The molecule has 0 N–H and O–H groups in total. The van der Waals surface area contributed by atoms with Gasteiger partial charge in [0.2, 0.25) is 5.75 Å². The van der Waals surface area contributed by atoms with Gasteiger partial charge in [-0.1, -0.05) is 6.07 Å². The van der Waals surface area contributed by atoms with E-state index >= 15 is 0 Å². The molecule has 0 radical (unpaired) electrons. The highest BCUT2D eigenvalue weighted by Gasteiger charge is 2.16. The molecule has 21 heavy (non-hydrogen) atoms. The normalized spacial score (nSPS) is 10.2. The quantitative estimate of drug-likeness (QED) is 0.604. The number of hydrogen-bond acceptors (Lipinski definition) is 5. The lowest BCUT2D eigenvalue weighted by atomic mass is 10.2. The summed E-state index contributed by atoms with van der Waals surface area (Å²) in [5.41, 5.74) is 0. The maximum absolute atomic E-state index is 12.0. The number of hydrogen-bond donors (Lipinski definition) is 0. The van der Waals surface area contributed by atoms with Gasteiger partial charge >= 0.3 is 5.97 Å². The molecule has 0 saturated carbocycles. The first kappa shape index (κ1) is 15.0. The summed E-state index contributed by atoms with van der Waals surface area (Å²) >= 11 is 0. The summed E-state index contributed by atoms with van der Waals surface area (Å²) < 4.78 is 21.1. The minimum Gasteiger partial charge on any atom is -0.493 e. The lowest BCUT2D eigenvalue weighted by molar-refractivity contribution is -0.134. The Balaban J connectivity index is 2.02. The third-order valence-electron chi connectivity index (χ3n) is 2.97. The number of carbonyl (C=O) groups excluding carboxylic acids is 1. The van der Waals surface area contributed by atoms with Crippen molar-refractivity contribution in [1.82, 2.24) is 0 Å². The van der Waals surface area contributed by atoms with Crippen LogP contribution in [0.2, 0.25) is 0 Å². The second-order valence-corrected chi connectivity index (χ2v) is 4.48. The van der Waals surface area contributed by atoms with Gasteiger partial charge in [-0.2, -0.15) is 0 Å². The van der Waals surface area contributed by atoms with E-state index in [1.165, 1.54) is 14.2 Å². The van der Waals surface area contributed by atoms with E-state index in [1.54, 1.807) is 18.2 Å². The summed E-state index contributed by atoms with van der Waals surface area (Å²) in [4.78, 5) is 12.0. The predicted octanol–water partition coefficient (Wildman–Crippen LogP) is 3.14. The van der Waals surface area contributed by atoms with Gasteiger partial charge in [0.1, 0.15) is 11.5 Å². The Labute approximate surface area is 123 Å². The Morgan fingerprint density at radius 2 is 1.76 bits per heavy atom. The van der Waals surface area contributed by atoms with Crippen LogP contribution in [0.15, 0.2) is 34.7 Å². The topological polar surface area (TPSA) is 57.9 Å². The van der Waals surface area contributed by atoms with Crippen LogP contribution in [-0.4, -0.2) is 20.2 Å². The highest BCUT2D eigenvalue weighted by atomic mass is 16.6. The fourth-order valence-electron chi connectivity index (χ4n) is 1.93. The Bertz CT molecular complexity index is 593. The van der Waals surface area contributed by atoms with Gasteiger partial charge in [-0.3, -0.25) is 4.79 Å². The van der Waals surface area contributed by atoms with Crippen LogP contribution >= 0.6 is 0 Å². The smallest absolute Gasteiger partial charge is 0.311 e. The number of carbonyl (C=O) groups is 1. The standard InChI is InChI=1S/C16H18O5/c1-11-7-8-12(20-11)9-10-15(17)21-16-13(18-2)5-4-6-14(16)19-3/h4-8H,9-10H2,1-3H3. The van der Waals surface area contributed by atoms with E-state index in [2.05, 4.69) is 0 Å². The number of esters is 1. The zero-order chi connectivity index (χ0) is 15.2. The fraction of sp³-hybridized carbons (Fsp3) is 0.312. The highest BCUT2D eigenvalue weighted by molar-refractivity contribution is 5.74. The fourth-order valence-corrected chi connectivity index (χ4v) is 1.93. The SMILES string of the molecule is COc1cccc(OC)c1OC(=O)CCc1ccc(C)o1. The first-order valence-electron chi connectivity index (χ1n) is 6.61. The number of aryl methyl sites for hydroxylation is 2. The number of para-hydroxylation sites is 1. The second kappa shape index (κ2) is 6.83. The number of benzene rings is 1. The maximum atomic E-state index is 12.0. The molecule has 1 heterocycles. The average Bonchev–Trinajstić information content (AvgIpc) is 2.91. The van der Waals surface area contributed by atoms with Gasteiger partial charge in [0, 0.05) is 6.42 Å². The van der Waals surface area contributed by atoms with E-state index in [9.17, 15) is 4.79 Å². The van der Waals surface area contributed by atoms with Crippen LogP contribution in [0.5, 0.6) is 17.2 Å². The number of furan rings is 1. The van der Waals surface area contributed by atoms with E-state index in [0.29, 0.717) is 23.7 Å². The van der Waals surface area contributed by atoms with Gasteiger partial charge in [0.15, 0.2) is 11.5 Å². The lowest BCUT2D eigenvalue weighted by Crippen LogP contribution is -2.10. The number of rotatable bonds is 6. The molecule has 0 aliphatic carbocycles. The molecule has 5 heteroatoms. The van der Waals surface area contributed by atoms with Gasteiger partial charge < -0.3 is 18.6 Å². The zero-order valence-electron chi connectivity index (χ0n) is 12.3. The minimum absolute atomic E-state index is 0.216. The summed E-state index contributed by atoms with van der Waals surface area (Å²) in [6.07, 6.45) is 0.707. The van der Waals surface area contributed by atoms with Crippen molar-refractivity contribution < 1.29 is 23.4 Å². The van der Waals surface area contributed by atoms with Crippen LogP contribution < -0.4 is 14.2 Å². The largest absolute Gasteiger partial charge is 0.493 e. The molecular weight excluding hydrogens is 272 g/mol. The number of ether oxygens (including phenoxy) is 3. The van der Waals surface area contributed by atoms with Crippen molar-refractivity contribution in [3.8, 4) is 17.2 Å². The van der Waals surface area contributed by atoms with E-state index in [4.69, 9.17) is 18.6 Å². The molecule has 0 fully saturated rings. The van der Waals surface area contributed by atoms with E-state index in [0.717, 1.165) is 11.5 Å². The third kappa shape index (κ3) is 3.78. The van der Waals surface area contributed by atoms with Gasteiger partial charge in [0.25, 0.3) is 0 Å². The predicted molar refractivity (Wildman–Crippen MR) is 76.9 cm³/mol. The first-order valence-corrected chi connectivity index (χ1v) is 6.61. The van der Waals surface area contributed by atoms with Gasteiger partial charge in [0.05, 0.1) is 20.6 Å². The van der Waals surface area contributed by atoms with Crippen LogP contribution in [0.1, 0.15) is 17.9 Å². The molecule has 112 valence electrons. The second-order valence-electron chi connectivity index (χ2n) is 4.48. The Kier molecular flexibility index (Phi) is 4.87. The molecule has 0 aliphatic rings. The Morgan fingerprint density at radius 1 is 1.10 bits per heavy atom. The number of methoxy groups -OCH3 is 2. The summed E-state index contributed by atoms with van der Waals surface area (Å²) in [5, 5.41) is 0. The highest BCUT2D eigenvalue weighted by Crippen LogP contribution is 2.37. The van der Waals surface area contributed by atoms with E-state index in [-0.39, 0.29) is 12.4 Å². The van der Waals surface area contributed by atoms with E-state index in [1.807, 2.05) is 19.1 Å². The molecule has 2 aromatic rings. The lowest BCUT2D eigenvalue weighted by Gasteiger charge is -2.12. The average molecular weight is 290 g/mol. The molecule has 0 aliphatic heterocycles. The molecule has 0 atom stereocenters. The molecule has 0 saturated heterocycles. The van der Waals surface area contributed by atoms with Crippen LogP contribution in [0.25, 0.3) is 0 Å². The summed E-state index contributed by atoms with van der Waals surface area (Å²) in [5.74, 6) is 2.42. The van der Waals surface area contributed by atoms with Gasteiger partial charge in [-0.15, -0.1) is 0 Å². The zero-order valence-corrected chi connectivity index (χ0v) is 12.3. The van der Waals surface area contributed by atoms with Crippen LogP contribution in [0, 0.1) is 6.92 Å². The van der Waals surface area contributed by atoms with Crippen LogP contribution in [-0.2, 0) is 11.2 Å². The molecule has 0 bridgehead atoms. The van der Waals surface area contributed by atoms with Crippen LogP contribution in [0.3, 0.4) is 0 Å². The minimum atomic E-state index is -0.369. The molecule has 2 rings (SSSR count). The van der Waals surface area contributed by atoms with Crippen molar-refractivity contribution >= 4 is 5.97 Å². The Morgan fingerprint density at radius 3 is 2.29 bits per heavy atom. The summed E-state index contributed by atoms with van der Waals surface area (Å²) in [6, 6.07) is 8.90. The molecule has 0 spiro atoms. The molecular formula is C16H18O5. The molecule has 5 nitrogen and oxygen atoms in total. The van der Waals surface area contributed by atoms with Gasteiger partial charge in [-0.25, -0.2) is 0 Å². The summed E-state index contributed by atoms with van der Waals surface area (Å²) in [7, 11) is 3.02. The molecule has 0 unspecified atom stereocenters. The first-order chi connectivity index (χ1) is 10.1. The van der Waals surface area contributed by atoms with Crippen LogP contribution in [0.4, 0.5) is 0 Å².